The highest BCUT2D eigenvalue weighted by molar-refractivity contribution is 5.87. The minimum absolute atomic E-state index is 0.0385. The number of hydrogen-bond acceptors (Lipinski definition) is 3. The molecular formula is C12H23NO2. The van der Waals surface area contributed by atoms with Gasteiger partial charge in [0.05, 0.1) is 6.61 Å². The molecule has 1 fully saturated rings. The maximum Gasteiger partial charge on any atom is 0.145 e. The molecule has 0 amide bonds. The Morgan fingerprint density at radius 1 is 1.33 bits per heavy atom. The Hall–Kier alpha value is -0.410. The van der Waals surface area contributed by atoms with Crippen molar-refractivity contribution in [3.05, 3.63) is 0 Å². The third-order valence-electron chi connectivity index (χ3n) is 3.76. The molecule has 0 aromatic carbocycles. The van der Waals surface area contributed by atoms with Crippen molar-refractivity contribution in [2.45, 2.75) is 46.1 Å². The number of carbonyl (C=O) groups excluding carboxylic acids is 1. The third-order valence-corrected chi connectivity index (χ3v) is 3.76. The fraction of sp³-hybridized carbons (Fsp3) is 0.917. The van der Waals surface area contributed by atoms with Crippen molar-refractivity contribution in [2.75, 3.05) is 13.2 Å². The van der Waals surface area contributed by atoms with Crippen LogP contribution in [-0.2, 0) is 9.53 Å². The SMILES string of the molecule is CC(C)(N)C(C)(C)C(=O)C1CCCOC1. The second-order valence-corrected chi connectivity index (χ2v) is 5.63. The number of hydrogen-bond donors (Lipinski definition) is 1. The molecule has 3 heteroatoms. The van der Waals surface area contributed by atoms with Gasteiger partial charge < -0.3 is 10.5 Å². The molecule has 0 aliphatic carbocycles. The Balaban J connectivity index is 2.74. The molecule has 1 rings (SSSR count). The average Bonchev–Trinajstić information content (AvgIpc) is 2.16. The molecule has 3 nitrogen and oxygen atoms in total. The first-order valence-electron chi connectivity index (χ1n) is 5.68. The lowest BCUT2D eigenvalue weighted by Crippen LogP contribution is -2.54. The molecule has 0 bridgehead atoms. The Labute approximate surface area is 92.4 Å². The fourth-order valence-electron chi connectivity index (χ4n) is 1.78. The van der Waals surface area contributed by atoms with Gasteiger partial charge in [0.15, 0.2) is 0 Å². The Morgan fingerprint density at radius 2 is 1.93 bits per heavy atom. The lowest BCUT2D eigenvalue weighted by Gasteiger charge is -2.40. The fourth-order valence-corrected chi connectivity index (χ4v) is 1.78. The van der Waals surface area contributed by atoms with Gasteiger partial charge >= 0.3 is 0 Å². The van der Waals surface area contributed by atoms with E-state index < -0.39 is 11.0 Å². The van der Waals surface area contributed by atoms with E-state index in [1.54, 1.807) is 0 Å². The third kappa shape index (κ3) is 2.58. The Bertz CT molecular complexity index is 234. The number of ether oxygens (including phenoxy) is 1. The number of Topliss-reactive ketones (excluding diaryl/α,β-unsaturated/α-hetero) is 1. The van der Waals surface area contributed by atoms with E-state index >= 15 is 0 Å². The van der Waals surface area contributed by atoms with Crippen LogP contribution in [0.5, 0.6) is 0 Å². The minimum atomic E-state index is -0.488. The second-order valence-electron chi connectivity index (χ2n) is 5.63. The summed E-state index contributed by atoms with van der Waals surface area (Å²) >= 11 is 0. The molecular weight excluding hydrogens is 190 g/mol. The highest BCUT2D eigenvalue weighted by Crippen LogP contribution is 2.34. The molecule has 1 heterocycles. The second kappa shape index (κ2) is 4.22. The maximum absolute atomic E-state index is 12.3. The molecule has 1 unspecified atom stereocenters. The van der Waals surface area contributed by atoms with Gasteiger partial charge in [-0.1, -0.05) is 13.8 Å². The summed E-state index contributed by atoms with van der Waals surface area (Å²) in [5.41, 5.74) is 5.09. The normalized spacial score (nSPS) is 23.9. The van der Waals surface area contributed by atoms with E-state index in [1.807, 2.05) is 27.7 Å². The van der Waals surface area contributed by atoms with Crippen LogP contribution in [0.4, 0.5) is 0 Å². The van der Waals surface area contributed by atoms with Crippen LogP contribution in [-0.4, -0.2) is 24.5 Å². The van der Waals surface area contributed by atoms with Crippen molar-refractivity contribution in [1.29, 1.82) is 0 Å². The predicted octanol–water partition coefficient (Wildman–Crippen LogP) is 1.75. The monoisotopic (exact) mass is 213 g/mol. The lowest BCUT2D eigenvalue weighted by atomic mass is 9.68. The van der Waals surface area contributed by atoms with Crippen LogP contribution in [0, 0.1) is 11.3 Å². The Kier molecular flexibility index (Phi) is 3.56. The first-order valence-corrected chi connectivity index (χ1v) is 5.68. The van der Waals surface area contributed by atoms with Crippen molar-refractivity contribution < 1.29 is 9.53 Å². The summed E-state index contributed by atoms with van der Waals surface area (Å²) < 4.78 is 5.35. The molecule has 0 saturated carbocycles. The summed E-state index contributed by atoms with van der Waals surface area (Å²) in [4.78, 5) is 12.3. The quantitative estimate of drug-likeness (QED) is 0.777. The van der Waals surface area contributed by atoms with Crippen LogP contribution in [0.1, 0.15) is 40.5 Å². The molecule has 0 aromatic rings. The van der Waals surface area contributed by atoms with Crippen LogP contribution >= 0.6 is 0 Å². The van der Waals surface area contributed by atoms with Crippen LogP contribution < -0.4 is 5.73 Å². The van der Waals surface area contributed by atoms with E-state index in [1.165, 1.54) is 0 Å². The molecule has 88 valence electrons. The highest BCUT2D eigenvalue weighted by Gasteiger charge is 2.43. The van der Waals surface area contributed by atoms with Crippen molar-refractivity contribution in [1.82, 2.24) is 0 Å². The summed E-state index contributed by atoms with van der Waals surface area (Å²) in [7, 11) is 0. The summed E-state index contributed by atoms with van der Waals surface area (Å²) in [6.07, 6.45) is 1.93. The standard InChI is InChI=1S/C12H23NO2/c1-11(2,12(3,4)13)10(14)9-6-5-7-15-8-9/h9H,5-8,13H2,1-4H3. The molecule has 1 saturated heterocycles. The van der Waals surface area contributed by atoms with Gasteiger partial charge in [-0.25, -0.2) is 0 Å². The first kappa shape index (κ1) is 12.7. The van der Waals surface area contributed by atoms with Crippen molar-refractivity contribution in [3.8, 4) is 0 Å². The maximum atomic E-state index is 12.3. The number of nitrogens with two attached hydrogens (primary N) is 1. The van der Waals surface area contributed by atoms with E-state index in [9.17, 15) is 4.79 Å². The van der Waals surface area contributed by atoms with Gasteiger partial charge in [-0.3, -0.25) is 4.79 Å². The van der Waals surface area contributed by atoms with Crippen LogP contribution in [0.15, 0.2) is 0 Å². The topological polar surface area (TPSA) is 52.3 Å². The summed E-state index contributed by atoms with van der Waals surface area (Å²) in [6, 6.07) is 0. The highest BCUT2D eigenvalue weighted by atomic mass is 16.5. The largest absolute Gasteiger partial charge is 0.381 e. The first-order chi connectivity index (χ1) is 6.77. The van der Waals surface area contributed by atoms with Gasteiger partial charge in [0.1, 0.15) is 5.78 Å². The van der Waals surface area contributed by atoms with Crippen LogP contribution in [0.25, 0.3) is 0 Å². The van der Waals surface area contributed by atoms with E-state index in [0.717, 1.165) is 19.4 Å². The zero-order valence-electron chi connectivity index (χ0n) is 10.3. The van der Waals surface area contributed by atoms with Gasteiger partial charge in [-0.05, 0) is 26.7 Å². The van der Waals surface area contributed by atoms with Gasteiger partial charge in [0, 0.05) is 23.5 Å². The lowest BCUT2D eigenvalue weighted by molar-refractivity contribution is -0.138. The molecule has 0 spiro atoms. The van der Waals surface area contributed by atoms with Gasteiger partial charge in [-0.2, -0.15) is 0 Å². The summed E-state index contributed by atoms with van der Waals surface area (Å²) in [6.45, 7) is 9.05. The number of rotatable bonds is 3. The average molecular weight is 213 g/mol. The van der Waals surface area contributed by atoms with Crippen molar-refractivity contribution in [2.24, 2.45) is 17.1 Å². The predicted molar refractivity (Wildman–Crippen MR) is 60.6 cm³/mol. The molecule has 0 aromatic heterocycles. The van der Waals surface area contributed by atoms with E-state index in [0.29, 0.717) is 6.61 Å². The van der Waals surface area contributed by atoms with Gasteiger partial charge in [0.2, 0.25) is 0 Å². The zero-order chi connectivity index (χ0) is 11.7. The Morgan fingerprint density at radius 3 is 2.33 bits per heavy atom. The smallest absolute Gasteiger partial charge is 0.145 e. The molecule has 1 atom stereocenters. The molecule has 2 N–H and O–H groups in total. The van der Waals surface area contributed by atoms with E-state index in [4.69, 9.17) is 10.5 Å². The summed E-state index contributed by atoms with van der Waals surface area (Å²) in [5, 5.41) is 0. The number of ketones is 1. The van der Waals surface area contributed by atoms with Gasteiger partial charge in [0.25, 0.3) is 0 Å². The van der Waals surface area contributed by atoms with E-state index in [2.05, 4.69) is 0 Å². The van der Waals surface area contributed by atoms with Crippen LogP contribution in [0.2, 0.25) is 0 Å². The molecule has 15 heavy (non-hydrogen) atoms. The summed E-state index contributed by atoms with van der Waals surface area (Å²) in [5.74, 6) is 0.284. The van der Waals surface area contributed by atoms with Crippen molar-refractivity contribution in [3.63, 3.8) is 0 Å². The van der Waals surface area contributed by atoms with E-state index in [-0.39, 0.29) is 11.7 Å². The molecule has 0 radical (unpaired) electrons. The van der Waals surface area contributed by atoms with Gasteiger partial charge in [-0.15, -0.1) is 0 Å². The van der Waals surface area contributed by atoms with Crippen molar-refractivity contribution >= 4 is 5.78 Å². The number of carbonyl (C=O) groups is 1. The molecule has 1 aliphatic heterocycles. The van der Waals surface area contributed by atoms with Crippen LogP contribution in [0.3, 0.4) is 0 Å². The minimum Gasteiger partial charge on any atom is -0.381 e. The molecule has 1 aliphatic rings. The zero-order valence-corrected chi connectivity index (χ0v) is 10.3.